The molecule has 1 aliphatic heterocycles. The quantitative estimate of drug-likeness (QED) is 0.707. The van der Waals surface area contributed by atoms with Crippen molar-refractivity contribution in [3.8, 4) is 0 Å². The van der Waals surface area contributed by atoms with E-state index < -0.39 is 0 Å². The third kappa shape index (κ3) is 2.18. The summed E-state index contributed by atoms with van der Waals surface area (Å²) >= 11 is 1.95. The summed E-state index contributed by atoms with van der Waals surface area (Å²) in [6.45, 7) is 0. The average molecular weight is 206 g/mol. The Balaban J connectivity index is 2.16. The van der Waals surface area contributed by atoms with Gasteiger partial charge in [-0.25, -0.2) is 0 Å². The Kier molecular flexibility index (Phi) is 3.25. The van der Waals surface area contributed by atoms with Crippen LogP contribution in [0.3, 0.4) is 0 Å². The first kappa shape index (κ1) is 9.78. The molecule has 0 N–H and O–H groups in total. The summed E-state index contributed by atoms with van der Waals surface area (Å²) in [5.74, 6) is 1.25. The van der Waals surface area contributed by atoms with Crippen molar-refractivity contribution in [1.82, 2.24) is 0 Å². The SMILES string of the molecule is O=CCCc1ccc2c(c1)CCCS2. The fourth-order valence-corrected chi connectivity index (χ4v) is 2.81. The molecule has 1 heterocycles. The minimum Gasteiger partial charge on any atom is -0.303 e. The Morgan fingerprint density at radius 2 is 2.36 bits per heavy atom. The molecule has 0 unspecified atom stereocenters. The van der Waals surface area contributed by atoms with E-state index in [1.807, 2.05) is 11.8 Å². The van der Waals surface area contributed by atoms with Crippen molar-refractivity contribution in [3.63, 3.8) is 0 Å². The molecule has 0 atom stereocenters. The number of hydrogen-bond acceptors (Lipinski definition) is 2. The summed E-state index contributed by atoms with van der Waals surface area (Å²) in [6.07, 6.45) is 5.02. The van der Waals surface area contributed by atoms with Crippen LogP contribution >= 0.6 is 11.8 Å². The molecule has 0 radical (unpaired) electrons. The van der Waals surface area contributed by atoms with Gasteiger partial charge in [0.2, 0.25) is 0 Å². The van der Waals surface area contributed by atoms with Crippen LogP contribution in [0, 0.1) is 0 Å². The molecular formula is C12H14OS. The van der Waals surface area contributed by atoms with Gasteiger partial charge >= 0.3 is 0 Å². The molecular weight excluding hydrogens is 192 g/mol. The highest BCUT2D eigenvalue weighted by Crippen LogP contribution is 2.30. The lowest BCUT2D eigenvalue weighted by Gasteiger charge is -2.15. The lowest BCUT2D eigenvalue weighted by molar-refractivity contribution is -0.107. The molecule has 0 aromatic heterocycles. The lowest BCUT2D eigenvalue weighted by atomic mass is 10.0. The van der Waals surface area contributed by atoms with Crippen molar-refractivity contribution in [2.45, 2.75) is 30.6 Å². The summed E-state index contributed by atoms with van der Waals surface area (Å²) in [7, 11) is 0. The van der Waals surface area contributed by atoms with Gasteiger partial charge in [-0.05, 0) is 42.2 Å². The highest BCUT2D eigenvalue weighted by molar-refractivity contribution is 7.99. The van der Waals surface area contributed by atoms with Crippen LogP contribution in [0.4, 0.5) is 0 Å². The van der Waals surface area contributed by atoms with Crippen LogP contribution in [0.15, 0.2) is 23.1 Å². The molecule has 1 aromatic carbocycles. The van der Waals surface area contributed by atoms with Gasteiger partial charge in [-0.3, -0.25) is 0 Å². The molecule has 2 heteroatoms. The van der Waals surface area contributed by atoms with Gasteiger partial charge in [0.1, 0.15) is 6.29 Å². The average Bonchev–Trinajstić information content (AvgIpc) is 2.26. The van der Waals surface area contributed by atoms with Crippen molar-refractivity contribution in [2.24, 2.45) is 0 Å². The zero-order valence-corrected chi connectivity index (χ0v) is 8.98. The topological polar surface area (TPSA) is 17.1 Å². The standard InChI is InChI=1S/C12H14OS/c13-7-1-3-10-5-6-12-11(9-10)4-2-8-14-12/h5-7,9H,1-4,8H2. The number of hydrogen-bond donors (Lipinski definition) is 0. The summed E-state index contributed by atoms with van der Waals surface area (Å²) in [5.41, 5.74) is 2.78. The van der Waals surface area contributed by atoms with E-state index in [9.17, 15) is 4.79 Å². The van der Waals surface area contributed by atoms with Gasteiger partial charge in [0.05, 0.1) is 0 Å². The van der Waals surface area contributed by atoms with Gasteiger partial charge in [0.15, 0.2) is 0 Å². The molecule has 74 valence electrons. The number of benzene rings is 1. The highest BCUT2D eigenvalue weighted by Gasteiger charge is 2.09. The van der Waals surface area contributed by atoms with E-state index in [0.29, 0.717) is 6.42 Å². The third-order valence-corrected chi connectivity index (χ3v) is 3.73. The first-order valence-electron chi connectivity index (χ1n) is 5.08. The Morgan fingerprint density at radius 3 is 3.21 bits per heavy atom. The van der Waals surface area contributed by atoms with Crippen LogP contribution < -0.4 is 0 Å². The Morgan fingerprint density at radius 1 is 1.43 bits per heavy atom. The second-order valence-corrected chi connectivity index (χ2v) is 4.74. The second-order valence-electron chi connectivity index (χ2n) is 3.60. The molecule has 0 saturated heterocycles. The molecule has 0 aliphatic carbocycles. The van der Waals surface area contributed by atoms with Crippen LogP contribution in [0.5, 0.6) is 0 Å². The first-order valence-corrected chi connectivity index (χ1v) is 6.07. The monoisotopic (exact) mass is 206 g/mol. The third-order valence-electron chi connectivity index (χ3n) is 2.52. The second kappa shape index (κ2) is 4.65. The van der Waals surface area contributed by atoms with Gasteiger partial charge in [-0.15, -0.1) is 11.8 Å². The van der Waals surface area contributed by atoms with E-state index in [2.05, 4.69) is 18.2 Å². The fraction of sp³-hybridized carbons (Fsp3) is 0.417. The molecule has 0 saturated carbocycles. The van der Waals surface area contributed by atoms with Crippen LogP contribution in [0.25, 0.3) is 0 Å². The van der Waals surface area contributed by atoms with Gasteiger partial charge in [-0.1, -0.05) is 12.1 Å². The fourth-order valence-electron chi connectivity index (χ4n) is 1.79. The largest absolute Gasteiger partial charge is 0.303 e. The van der Waals surface area contributed by atoms with Crippen molar-refractivity contribution < 1.29 is 4.79 Å². The van der Waals surface area contributed by atoms with Crippen molar-refractivity contribution in [1.29, 1.82) is 0 Å². The van der Waals surface area contributed by atoms with Crippen LogP contribution in [-0.4, -0.2) is 12.0 Å². The molecule has 1 aliphatic rings. The van der Waals surface area contributed by atoms with Gasteiger partial charge in [-0.2, -0.15) is 0 Å². The van der Waals surface area contributed by atoms with E-state index >= 15 is 0 Å². The molecule has 14 heavy (non-hydrogen) atoms. The molecule has 1 aromatic rings. The highest BCUT2D eigenvalue weighted by atomic mass is 32.2. The molecule has 0 fully saturated rings. The van der Waals surface area contributed by atoms with Gasteiger partial charge in [0, 0.05) is 11.3 Å². The summed E-state index contributed by atoms with van der Waals surface area (Å²) in [6, 6.07) is 6.63. The normalized spacial score (nSPS) is 14.9. The molecule has 0 amide bonds. The summed E-state index contributed by atoms with van der Waals surface area (Å²) < 4.78 is 0. The van der Waals surface area contributed by atoms with Gasteiger partial charge in [0.25, 0.3) is 0 Å². The van der Waals surface area contributed by atoms with E-state index in [1.54, 1.807) is 0 Å². The smallest absolute Gasteiger partial charge is 0.120 e. The Hall–Kier alpha value is -0.760. The maximum Gasteiger partial charge on any atom is 0.120 e. The number of rotatable bonds is 3. The lowest BCUT2D eigenvalue weighted by Crippen LogP contribution is -1.99. The predicted octanol–water partition coefficient (Wildman–Crippen LogP) is 2.86. The number of carbonyl (C=O) groups is 1. The minimum atomic E-state index is 0.645. The number of aryl methyl sites for hydroxylation is 2. The van der Waals surface area contributed by atoms with Crippen LogP contribution in [0.1, 0.15) is 24.0 Å². The minimum absolute atomic E-state index is 0.645. The zero-order chi connectivity index (χ0) is 9.80. The van der Waals surface area contributed by atoms with Crippen molar-refractivity contribution >= 4 is 18.0 Å². The maximum absolute atomic E-state index is 10.3. The molecule has 0 bridgehead atoms. The predicted molar refractivity (Wildman–Crippen MR) is 59.9 cm³/mol. The maximum atomic E-state index is 10.3. The number of fused-ring (bicyclic) bond motifs is 1. The van der Waals surface area contributed by atoms with E-state index in [0.717, 1.165) is 12.7 Å². The number of thioether (sulfide) groups is 1. The first-order chi connectivity index (χ1) is 6.90. The van der Waals surface area contributed by atoms with Crippen molar-refractivity contribution in [3.05, 3.63) is 29.3 Å². The number of aldehydes is 1. The van der Waals surface area contributed by atoms with E-state index in [-0.39, 0.29) is 0 Å². The van der Waals surface area contributed by atoms with E-state index in [1.165, 1.54) is 34.6 Å². The van der Waals surface area contributed by atoms with Gasteiger partial charge < -0.3 is 4.79 Å². The van der Waals surface area contributed by atoms with Crippen molar-refractivity contribution in [2.75, 3.05) is 5.75 Å². The molecule has 2 rings (SSSR count). The van der Waals surface area contributed by atoms with Crippen LogP contribution in [-0.2, 0) is 17.6 Å². The Bertz CT molecular complexity index is 333. The zero-order valence-electron chi connectivity index (χ0n) is 8.16. The summed E-state index contributed by atoms with van der Waals surface area (Å²) in [5, 5.41) is 0. The summed E-state index contributed by atoms with van der Waals surface area (Å²) in [4.78, 5) is 11.7. The molecule has 0 spiro atoms. The molecule has 1 nitrogen and oxygen atoms in total. The van der Waals surface area contributed by atoms with Crippen LogP contribution in [0.2, 0.25) is 0 Å². The Labute approximate surface area is 88.9 Å². The van der Waals surface area contributed by atoms with E-state index in [4.69, 9.17) is 0 Å². The number of carbonyl (C=O) groups excluding carboxylic acids is 1.